The highest BCUT2D eigenvalue weighted by Crippen LogP contribution is 2.40. The average molecular weight is 462 g/mol. The summed E-state index contributed by atoms with van der Waals surface area (Å²) in [6, 6.07) is 6.01. The Bertz CT molecular complexity index is 815. The van der Waals surface area contributed by atoms with Gasteiger partial charge in [-0.3, -0.25) is 4.99 Å². The second kappa shape index (κ2) is 10.0. The summed E-state index contributed by atoms with van der Waals surface area (Å²) < 4.78 is 12.1. The van der Waals surface area contributed by atoms with Gasteiger partial charge in [0.25, 0.3) is 0 Å². The quantitative estimate of drug-likeness (QED) is 0.429. The van der Waals surface area contributed by atoms with Gasteiger partial charge < -0.3 is 24.8 Å². The molecular formula is C24H35N3O4S. The molecule has 7 nitrogen and oxygen atoms in total. The van der Waals surface area contributed by atoms with Crippen LogP contribution in [-0.4, -0.2) is 72.6 Å². The van der Waals surface area contributed by atoms with Crippen LogP contribution in [0.2, 0.25) is 0 Å². The minimum atomic E-state index is -0.694. The van der Waals surface area contributed by atoms with Crippen molar-refractivity contribution >= 4 is 30.2 Å². The van der Waals surface area contributed by atoms with Crippen LogP contribution >= 0.6 is 11.8 Å². The predicted octanol–water partition coefficient (Wildman–Crippen LogP) is 4.00. The first-order valence-electron chi connectivity index (χ1n) is 11.6. The van der Waals surface area contributed by atoms with Crippen molar-refractivity contribution in [3.05, 3.63) is 18.2 Å². The molecule has 1 unspecified atom stereocenters. The van der Waals surface area contributed by atoms with E-state index in [2.05, 4.69) is 17.0 Å². The monoisotopic (exact) mass is 461 g/mol. The van der Waals surface area contributed by atoms with E-state index in [0.717, 1.165) is 54.9 Å². The predicted molar refractivity (Wildman–Crippen MR) is 127 cm³/mol. The molecule has 1 aromatic rings. The third-order valence-corrected chi connectivity index (χ3v) is 7.61. The van der Waals surface area contributed by atoms with Crippen LogP contribution in [0, 0.1) is 5.92 Å². The molecule has 1 aromatic carbocycles. The van der Waals surface area contributed by atoms with Crippen LogP contribution in [0.1, 0.15) is 45.4 Å². The number of urea groups is 1. The maximum absolute atomic E-state index is 12.6. The molecule has 4 rings (SSSR count). The number of thioether (sulfide) groups is 1. The molecule has 3 fully saturated rings. The molecule has 176 valence electrons. The Balaban J connectivity index is 1.16. The number of hydrogen-bond acceptors (Lipinski definition) is 6. The number of rotatable bonds is 9. The van der Waals surface area contributed by atoms with Gasteiger partial charge in [0.1, 0.15) is 17.5 Å². The Morgan fingerprint density at radius 2 is 1.97 bits per heavy atom. The number of amides is 2. The lowest BCUT2D eigenvalue weighted by atomic mass is 9.92. The first-order chi connectivity index (χ1) is 15.4. The van der Waals surface area contributed by atoms with Crippen LogP contribution in [0.5, 0.6) is 5.75 Å². The zero-order valence-electron chi connectivity index (χ0n) is 19.1. The molecule has 0 bridgehead atoms. The Hall–Kier alpha value is -1.77. The van der Waals surface area contributed by atoms with Gasteiger partial charge in [0, 0.05) is 10.9 Å². The molecule has 8 heteroatoms. The van der Waals surface area contributed by atoms with Gasteiger partial charge in [-0.2, -0.15) is 0 Å². The molecule has 3 aliphatic rings. The number of likely N-dealkylation sites (tertiary alicyclic amines) is 1. The van der Waals surface area contributed by atoms with E-state index in [0.29, 0.717) is 25.6 Å². The fourth-order valence-electron chi connectivity index (χ4n) is 4.53. The van der Waals surface area contributed by atoms with E-state index in [-0.39, 0.29) is 24.3 Å². The maximum Gasteiger partial charge on any atom is 0.317 e. The van der Waals surface area contributed by atoms with Crippen molar-refractivity contribution in [1.82, 2.24) is 10.2 Å². The van der Waals surface area contributed by atoms with Crippen molar-refractivity contribution in [2.45, 2.75) is 74.2 Å². The number of para-hydroxylation sites is 1. The summed E-state index contributed by atoms with van der Waals surface area (Å²) in [6.45, 7) is 7.10. The molecule has 1 saturated heterocycles. The summed E-state index contributed by atoms with van der Waals surface area (Å²) in [5, 5.41) is 13.6. The highest BCUT2D eigenvalue weighted by Gasteiger charge is 2.41. The van der Waals surface area contributed by atoms with E-state index in [9.17, 15) is 9.90 Å². The maximum atomic E-state index is 12.6. The third-order valence-electron chi connectivity index (χ3n) is 6.84. The lowest BCUT2D eigenvalue weighted by Gasteiger charge is -2.40. The van der Waals surface area contributed by atoms with Crippen LogP contribution in [-0.2, 0) is 4.74 Å². The van der Waals surface area contributed by atoms with Gasteiger partial charge in [-0.15, -0.1) is 11.8 Å². The number of hydrogen-bond donors (Lipinski definition) is 2. The number of carbonyl (C=O) groups is 1. The number of benzene rings is 1. The molecule has 0 spiro atoms. The van der Waals surface area contributed by atoms with Crippen LogP contribution in [0.25, 0.3) is 0 Å². The largest absolute Gasteiger partial charge is 0.484 e. The second-order valence-corrected chi connectivity index (χ2v) is 10.3. The second-order valence-electron chi connectivity index (χ2n) is 9.48. The lowest BCUT2D eigenvalue weighted by molar-refractivity contribution is -0.0835. The summed E-state index contributed by atoms with van der Waals surface area (Å²) in [4.78, 5) is 19.5. The zero-order valence-corrected chi connectivity index (χ0v) is 19.9. The molecular weight excluding hydrogens is 426 g/mol. The number of nitrogens with zero attached hydrogens (tertiary/aromatic N) is 2. The van der Waals surface area contributed by atoms with Crippen molar-refractivity contribution in [3.8, 4) is 5.75 Å². The Labute approximate surface area is 194 Å². The molecule has 2 amide bonds. The number of aliphatic hydroxyl groups is 1. The van der Waals surface area contributed by atoms with Gasteiger partial charge in [0.2, 0.25) is 0 Å². The average Bonchev–Trinajstić information content (AvgIpc) is 3.61. The number of ether oxygens (including phenoxy) is 2. The van der Waals surface area contributed by atoms with Gasteiger partial charge in [0.05, 0.1) is 31.4 Å². The van der Waals surface area contributed by atoms with E-state index in [1.165, 1.54) is 0 Å². The van der Waals surface area contributed by atoms with Crippen LogP contribution in [0.3, 0.4) is 0 Å². The van der Waals surface area contributed by atoms with Crippen molar-refractivity contribution in [1.29, 1.82) is 0 Å². The lowest BCUT2D eigenvalue weighted by Crippen LogP contribution is -2.60. The summed E-state index contributed by atoms with van der Waals surface area (Å²) >= 11 is 1.61. The summed E-state index contributed by atoms with van der Waals surface area (Å²) in [6.07, 6.45) is 8.02. The molecule has 1 aliphatic heterocycles. The molecule has 2 N–H and O–H groups in total. The van der Waals surface area contributed by atoms with Crippen molar-refractivity contribution in [2.75, 3.05) is 26.0 Å². The van der Waals surface area contributed by atoms with E-state index in [4.69, 9.17) is 9.47 Å². The summed E-state index contributed by atoms with van der Waals surface area (Å²) in [5.74, 6) is 1.12. The standard InChI is InChI=1S/C24H35N3O4S/c1-24(29,16-7-8-16)15-30-18-11-9-17(10-12-18)26-23(28)27-13-19(14-27)31-20-5-4-6-21(32-3)22(20)25-2/h4-6,16-19,29H,2,7-15H2,1,3H3,(H,26,28)/t17-,18-,24?. The highest BCUT2D eigenvalue weighted by atomic mass is 32.2. The summed E-state index contributed by atoms with van der Waals surface area (Å²) in [7, 11) is 0. The van der Waals surface area contributed by atoms with Gasteiger partial charge in [-0.1, -0.05) is 6.07 Å². The molecule has 2 saturated carbocycles. The Morgan fingerprint density at radius 1 is 1.25 bits per heavy atom. The van der Waals surface area contributed by atoms with Crippen molar-refractivity contribution in [3.63, 3.8) is 0 Å². The van der Waals surface area contributed by atoms with Crippen molar-refractivity contribution < 1.29 is 19.4 Å². The number of carbonyl (C=O) groups excluding carboxylic acids is 1. The molecule has 0 radical (unpaired) electrons. The fourth-order valence-corrected chi connectivity index (χ4v) is 5.10. The normalized spacial score (nSPS) is 25.5. The molecule has 0 aromatic heterocycles. The van der Waals surface area contributed by atoms with Crippen LogP contribution < -0.4 is 10.1 Å². The summed E-state index contributed by atoms with van der Waals surface area (Å²) in [5.41, 5.74) is 0.0703. The Morgan fingerprint density at radius 3 is 2.59 bits per heavy atom. The Kier molecular flexibility index (Phi) is 7.32. The van der Waals surface area contributed by atoms with E-state index >= 15 is 0 Å². The molecule has 1 atom stereocenters. The van der Waals surface area contributed by atoms with Gasteiger partial charge >= 0.3 is 6.03 Å². The fraction of sp³-hybridized carbons (Fsp3) is 0.667. The third kappa shape index (κ3) is 5.58. The topological polar surface area (TPSA) is 83.4 Å². The first-order valence-corrected chi connectivity index (χ1v) is 12.8. The highest BCUT2D eigenvalue weighted by molar-refractivity contribution is 7.98. The number of nitrogens with one attached hydrogen (secondary N) is 1. The van der Waals surface area contributed by atoms with Crippen LogP contribution in [0.4, 0.5) is 10.5 Å². The van der Waals surface area contributed by atoms with Gasteiger partial charge in [0.15, 0.2) is 0 Å². The number of aliphatic imine (C=N–C) groups is 1. The smallest absolute Gasteiger partial charge is 0.317 e. The van der Waals surface area contributed by atoms with E-state index in [1.807, 2.05) is 31.4 Å². The van der Waals surface area contributed by atoms with Crippen LogP contribution in [0.15, 0.2) is 28.1 Å². The van der Waals surface area contributed by atoms with Crippen molar-refractivity contribution in [2.24, 2.45) is 10.9 Å². The molecule has 2 aliphatic carbocycles. The minimum Gasteiger partial charge on any atom is -0.484 e. The van der Waals surface area contributed by atoms with E-state index in [1.54, 1.807) is 16.7 Å². The first kappa shape index (κ1) is 23.4. The zero-order chi connectivity index (χ0) is 22.7. The molecule has 1 heterocycles. The minimum absolute atomic E-state index is 0.0224. The SMILES string of the molecule is C=Nc1c(OC2CN(C(=O)N[C@H]3CC[C@H](OCC(C)(O)C4CC4)CC3)C2)cccc1SC. The van der Waals surface area contributed by atoms with E-state index < -0.39 is 5.60 Å². The van der Waals surface area contributed by atoms with Gasteiger partial charge in [-0.05, 0) is 76.5 Å². The van der Waals surface area contributed by atoms with Gasteiger partial charge in [-0.25, -0.2) is 4.79 Å². The molecule has 32 heavy (non-hydrogen) atoms.